The first-order chi connectivity index (χ1) is 6.99. The van der Waals surface area contributed by atoms with Crippen LogP contribution < -0.4 is 0 Å². The minimum absolute atomic E-state index is 0.146. The van der Waals surface area contributed by atoms with Gasteiger partial charge in [0, 0.05) is 5.56 Å². The lowest BCUT2D eigenvalue weighted by Gasteiger charge is -2.04. The molecule has 1 aromatic rings. The van der Waals surface area contributed by atoms with Gasteiger partial charge in [-0.15, -0.1) is 0 Å². The Morgan fingerprint density at radius 1 is 1.60 bits per heavy atom. The first kappa shape index (κ1) is 11.2. The van der Waals surface area contributed by atoms with E-state index in [0.29, 0.717) is 6.20 Å². The number of pyridine rings is 1. The molecule has 0 radical (unpaired) electrons. The Bertz CT molecular complexity index is 421. The summed E-state index contributed by atoms with van der Waals surface area (Å²) in [5.74, 6) is -0.582. The number of carbonyl (C=O) groups excluding carboxylic acids is 1. The molecule has 0 aliphatic carbocycles. The van der Waals surface area contributed by atoms with Gasteiger partial charge < -0.3 is 10.1 Å². The molecular weight excluding hydrogens is 210 g/mol. The van der Waals surface area contributed by atoms with Crippen molar-refractivity contribution in [3.05, 3.63) is 33.0 Å². The van der Waals surface area contributed by atoms with Crippen LogP contribution in [0.15, 0.2) is 6.20 Å². The van der Waals surface area contributed by atoms with E-state index in [4.69, 9.17) is 0 Å². The number of carbonyl (C=O) groups is 1. The number of rotatable bonds is 3. The van der Waals surface area contributed by atoms with Crippen molar-refractivity contribution in [1.82, 2.24) is 4.98 Å². The van der Waals surface area contributed by atoms with Crippen LogP contribution in [0.2, 0.25) is 0 Å². The van der Waals surface area contributed by atoms with Crippen LogP contribution in [0.5, 0.6) is 0 Å². The Morgan fingerprint density at radius 3 is 2.60 bits per heavy atom. The Morgan fingerprint density at radius 2 is 2.20 bits per heavy atom. The fourth-order valence-corrected chi connectivity index (χ4v) is 1.15. The highest BCUT2D eigenvalue weighted by molar-refractivity contribution is 5.81. The summed E-state index contributed by atoms with van der Waals surface area (Å²) in [7, 11) is 0. The zero-order valence-corrected chi connectivity index (χ0v) is 7.61. The second-order valence-corrected chi connectivity index (χ2v) is 2.75. The molecule has 0 N–H and O–H groups in total. The topological polar surface area (TPSA) is 73.1 Å². The van der Waals surface area contributed by atoms with Crippen LogP contribution in [-0.4, -0.2) is 16.2 Å². The molecule has 0 amide bonds. The van der Waals surface area contributed by atoms with Crippen LogP contribution in [0.4, 0.5) is 14.6 Å². The van der Waals surface area contributed by atoms with Crippen LogP contribution in [0.3, 0.4) is 0 Å². The molecule has 1 rings (SSSR count). The van der Waals surface area contributed by atoms with E-state index >= 15 is 0 Å². The van der Waals surface area contributed by atoms with Gasteiger partial charge in [0.25, 0.3) is 6.43 Å². The number of alkyl halides is 2. The predicted molar refractivity (Wildman–Crippen MR) is 46.0 cm³/mol. The molecule has 0 aliphatic rings. The second kappa shape index (κ2) is 4.07. The highest BCUT2D eigenvalue weighted by Gasteiger charge is 2.23. The number of hydrogen-bond acceptors (Lipinski definition) is 4. The molecule has 0 saturated carbocycles. The van der Waals surface area contributed by atoms with E-state index in [1.54, 1.807) is 0 Å². The maximum Gasteiger partial charge on any atom is 0.367 e. The summed E-state index contributed by atoms with van der Waals surface area (Å²) >= 11 is 0. The lowest BCUT2D eigenvalue weighted by molar-refractivity contribution is -0.390. The number of nitro groups is 1. The Labute approximate surface area is 82.9 Å². The molecule has 5 nitrogen and oxygen atoms in total. The van der Waals surface area contributed by atoms with E-state index < -0.39 is 22.7 Å². The van der Waals surface area contributed by atoms with E-state index in [2.05, 4.69) is 4.98 Å². The van der Waals surface area contributed by atoms with Gasteiger partial charge in [-0.1, -0.05) is 0 Å². The van der Waals surface area contributed by atoms with Crippen molar-refractivity contribution in [3.63, 3.8) is 0 Å². The normalized spacial score (nSPS) is 10.4. The number of hydrogen-bond donors (Lipinski definition) is 0. The average Bonchev–Trinajstić information content (AvgIpc) is 2.16. The third kappa shape index (κ3) is 1.95. The molecule has 0 aromatic carbocycles. The third-order valence-electron chi connectivity index (χ3n) is 1.90. The van der Waals surface area contributed by atoms with Gasteiger partial charge in [-0.3, -0.25) is 4.79 Å². The highest BCUT2D eigenvalue weighted by Crippen LogP contribution is 2.27. The van der Waals surface area contributed by atoms with Crippen molar-refractivity contribution in [2.75, 3.05) is 0 Å². The molecule has 80 valence electrons. The predicted octanol–water partition coefficient (Wildman–Crippen LogP) is 2.05. The summed E-state index contributed by atoms with van der Waals surface area (Å²) in [4.78, 5) is 23.4. The van der Waals surface area contributed by atoms with Crippen LogP contribution in [-0.2, 0) is 0 Å². The van der Waals surface area contributed by atoms with Crippen molar-refractivity contribution < 1.29 is 18.5 Å². The smallest absolute Gasteiger partial charge is 0.358 e. The molecule has 0 unspecified atom stereocenters. The Balaban J connectivity index is 3.45. The molecule has 0 spiro atoms. The van der Waals surface area contributed by atoms with E-state index in [1.807, 2.05) is 0 Å². The van der Waals surface area contributed by atoms with Crippen molar-refractivity contribution in [3.8, 4) is 0 Å². The van der Waals surface area contributed by atoms with Gasteiger partial charge in [-0.05, 0) is 16.8 Å². The molecule has 7 heteroatoms. The first-order valence-electron chi connectivity index (χ1n) is 3.86. The Kier molecular flexibility index (Phi) is 3.03. The number of halogens is 2. The Hall–Kier alpha value is -1.92. The molecule has 0 saturated heterocycles. The van der Waals surface area contributed by atoms with Crippen molar-refractivity contribution in [2.45, 2.75) is 13.3 Å². The first-order valence-corrected chi connectivity index (χ1v) is 3.86. The molecule has 0 atom stereocenters. The van der Waals surface area contributed by atoms with Crippen molar-refractivity contribution in [2.24, 2.45) is 0 Å². The summed E-state index contributed by atoms with van der Waals surface area (Å²) in [6.45, 7) is 1.21. The summed E-state index contributed by atoms with van der Waals surface area (Å²) in [5.41, 5.74) is -1.10. The maximum absolute atomic E-state index is 12.4. The number of aldehydes is 1. The molecule has 0 aliphatic heterocycles. The minimum Gasteiger partial charge on any atom is -0.358 e. The van der Waals surface area contributed by atoms with E-state index in [0.717, 1.165) is 0 Å². The monoisotopic (exact) mass is 216 g/mol. The van der Waals surface area contributed by atoms with Crippen molar-refractivity contribution in [1.29, 1.82) is 0 Å². The van der Waals surface area contributed by atoms with Crippen molar-refractivity contribution >= 4 is 12.1 Å². The molecule has 15 heavy (non-hydrogen) atoms. The van der Waals surface area contributed by atoms with Gasteiger partial charge in [0.05, 0.1) is 11.1 Å². The molecule has 1 heterocycles. The largest absolute Gasteiger partial charge is 0.367 e. The molecule has 0 bridgehead atoms. The van der Waals surface area contributed by atoms with Crippen LogP contribution in [0.1, 0.15) is 27.9 Å². The van der Waals surface area contributed by atoms with E-state index in [9.17, 15) is 23.7 Å². The summed E-state index contributed by atoms with van der Waals surface area (Å²) in [5, 5.41) is 10.4. The third-order valence-corrected chi connectivity index (χ3v) is 1.90. The van der Waals surface area contributed by atoms with Gasteiger partial charge in [0.1, 0.15) is 6.20 Å². The second-order valence-electron chi connectivity index (χ2n) is 2.75. The van der Waals surface area contributed by atoms with Crippen LogP contribution in [0, 0.1) is 17.0 Å². The van der Waals surface area contributed by atoms with E-state index in [1.165, 1.54) is 6.92 Å². The van der Waals surface area contributed by atoms with Crippen LogP contribution in [0.25, 0.3) is 0 Å². The highest BCUT2D eigenvalue weighted by atomic mass is 19.3. The quantitative estimate of drug-likeness (QED) is 0.440. The molecular formula is C8H6F2N2O3. The maximum atomic E-state index is 12.4. The van der Waals surface area contributed by atoms with Gasteiger partial charge in [-0.2, -0.15) is 0 Å². The summed E-state index contributed by atoms with van der Waals surface area (Å²) < 4.78 is 24.7. The van der Waals surface area contributed by atoms with E-state index in [-0.39, 0.29) is 17.4 Å². The summed E-state index contributed by atoms with van der Waals surface area (Å²) in [6.07, 6.45) is -2.05. The van der Waals surface area contributed by atoms with Gasteiger partial charge in [0.2, 0.25) is 0 Å². The molecule has 0 fully saturated rings. The molecule has 1 aromatic heterocycles. The lowest BCUT2D eigenvalue weighted by Crippen LogP contribution is -2.03. The number of aromatic nitrogens is 1. The van der Waals surface area contributed by atoms with Crippen LogP contribution >= 0.6 is 0 Å². The summed E-state index contributed by atoms with van der Waals surface area (Å²) in [6, 6.07) is 0. The minimum atomic E-state index is -2.88. The van der Waals surface area contributed by atoms with Gasteiger partial charge >= 0.3 is 5.82 Å². The lowest BCUT2D eigenvalue weighted by atomic mass is 10.1. The zero-order chi connectivity index (χ0) is 11.6. The van der Waals surface area contributed by atoms with Gasteiger partial charge in [-0.25, -0.2) is 8.78 Å². The zero-order valence-electron chi connectivity index (χ0n) is 7.61. The fraction of sp³-hybridized carbons (Fsp3) is 0.250. The average molecular weight is 216 g/mol. The van der Waals surface area contributed by atoms with Gasteiger partial charge in [0.15, 0.2) is 6.29 Å². The standard InChI is InChI=1S/C8H6F2N2O3/c1-4-6(3-13)5(7(9)10)2-11-8(4)12(14)15/h2-3,7H,1H3. The fourth-order valence-electron chi connectivity index (χ4n) is 1.15. The SMILES string of the molecule is Cc1c([N+](=O)[O-])ncc(C(F)F)c1C=O. The number of nitrogens with zero attached hydrogens (tertiary/aromatic N) is 2.